The van der Waals surface area contributed by atoms with E-state index in [0.29, 0.717) is 12.2 Å². The molecule has 1 aromatic heterocycles. The van der Waals surface area contributed by atoms with Gasteiger partial charge in [-0.2, -0.15) is 5.10 Å². The van der Waals surface area contributed by atoms with Crippen LogP contribution >= 0.6 is 0 Å². The van der Waals surface area contributed by atoms with Crippen LogP contribution in [0.3, 0.4) is 0 Å². The van der Waals surface area contributed by atoms with E-state index in [9.17, 15) is 4.79 Å². The normalized spacial score (nSPS) is 20.6. The Balaban J connectivity index is 1.67. The molecule has 88 valence electrons. The number of aromatic amines is 1. The first kappa shape index (κ1) is 11.1. The van der Waals surface area contributed by atoms with E-state index in [-0.39, 0.29) is 12.0 Å². The second-order valence-electron chi connectivity index (χ2n) is 4.05. The van der Waals surface area contributed by atoms with E-state index in [0.717, 1.165) is 25.9 Å². The molecule has 0 spiro atoms. The monoisotopic (exact) mass is 223 g/mol. The summed E-state index contributed by atoms with van der Waals surface area (Å²) in [6.45, 7) is 0.840. The lowest BCUT2D eigenvalue weighted by Crippen LogP contribution is -2.21. The highest BCUT2D eigenvalue weighted by Gasteiger charge is 2.15. The van der Waals surface area contributed by atoms with Crippen molar-refractivity contribution in [3.8, 4) is 0 Å². The predicted molar refractivity (Wildman–Crippen MR) is 60.0 cm³/mol. The van der Waals surface area contributed by atoms with Crippen LogP contribution in [0.25, 0.3) is 0 Å². The summed E-state index contributed by atoms with van der Waals surface area (Å²) in [6, 6.07) is 1.73. The Morgan fingerprint density at radius 1 is 1.62 bits per heavy atom. The Hall–Kier alpha value is -1.36. The van der Waals surface area contributed by atoms with Crippen LogP contribution in [-0.2, 0) is 9.53 Å². The Kier molecular flexibility index (Phi) is 3.93. The topological polar surface area (TPSA) is 67.0 Å². The van der Waals surface area contributed by atoms with Crippen LogP contribution in [0.4, 0.5) is 5.82 Å². The van der Waals surface area contributed by atoms with E-state index in [1.54, 1.807) is 12.3 Å². The fourth-order valence-electron chi connectivity index (χ4n) is 1.87. The molecule has 2 N–H and O–H groups in total. The maximum atomic E-state index is 11.5. The third-order valence-electron chi connectivity index (χ3n) is 2.74. The van der Waals surface area contributed by atoms with E-state index in [1.165, 1.54) is 6.42 Å². The molecule has 1 aromatic rings. The molecule has 0 bridgehead atoms. The highest BCUT2D eigenvalue weighted by atomic mass is 16.5. The van der Waals surface area contributed by atoms with Gasteiger partial charge in [-0.1, -0.05) is 0 Å². The number of ether oxygens (including phenoxy) is 1. The van der Waals surface area contributed by atoms with Crippen molar-refractivity contribution in [2.45, 2.75) is 38.2 Å². The number of aromatic nitrogens is 2. The number of nitrogens with zero attached hydrogens (tertiary/aromatic N) is 1. The summed E-state index contributed by atoms with van der Waals surface area (Å²) in [5.74, 6) is 0.660. The maximum absolute atomic E-state index is 11.5. The van der Waals surface area contributed by atoms with Gasteiger partial charge in [0, 0.05) is 19.1 Å². The van der Waals surface area contributed by atoms with Crippen molar-refractivity contribution in [1.29, 1.82) is 0 Å². The quantitative estimate of drug-likeness (QED) is 0.816. The second-order valence-corrected chi connectivity index (χ2v) is 4.05. The standard InChI is InChI=1S/C11H17N3O2/c15-11(13-10-6-7-12-14-10)5-4-9-3-1-2-8-16-9/h6-7,9H,1-5,8H2,(H2,12,13,14,15). The van der Waals surface area contributed by atoms with E-state index in [4.69, 9.17) is 4.74 Å². The summed E-state index contributed by atoms with van der Waals surface area (Å²) >= 11 is 0. The summed E-state index contributed by atoms with van der Waals surface area (Å²) in [6.07, 6.45) is 6.63. The lowest BCUT2D eigenvalue weighted by molar-refractivity contribution is -0.117. The van der Waals surface area contributed by atoms with Gasteiger partial charge in [-0.3, -0.25) is 9.89 Å². The van der Waals surface area contributed by atoms with Crippen LogP contribution in [0.5, 0.6) is 0 Å². The van der Waals surface area contributed by atoms with Gasteiger partial charge in [0.1, 0.15) is 5.82 Å². The third kappa shape index (κ3) is 3.34. The minimum Gasteiger partial charge on any atom is -0.378 e. The van der Waals surface area contributed by atoms with E-state index in [2.05, 4.69) is 15.5 Å². The Morgan fingerprint density at radius 2 is 2.56 bits per heavy atom. The van der Waals surface area contributed by atoms with Crippen LogP contribution in [0.2, 0.25) is 0 Å². The predicted octanol–water partition coefficient (Wildman–Crippen LogP) is 1.70. The summed E-state index contributed by atoms with van der Waals surface area (Å²) in [5, 5.41) is 9.20. The molecule has 2 heterocycles. The molecule has 1 atom stereocenters. The molecule has 0 saturated carbocycles. The van der Waals surface area contributed by atoms with Gasteiger partial charge in [0.25, 0.3) is 0 Å². The van der Waals surface area contributed by atoms with Gasteiger partial charge in [-0.15, -0.1) is 0 Å². The molecule has 0 aliphatic carbocycles. The molecule has 0 radical (unpaired) electrons. The third-order valence-corrected chi connectivity index (χ3v) is 2.74. The van der Waals surface area contributed by atoms with E-state index >= 15 is 0 Å². The van der Waals surface area contributed by atoms with Crippen LogP contribution < -0.4 is 5.32 Å². The molecule has 16 heavy (non-hydrogen) atoms. The van der Waals surface area contributed by atoms with Gasteiger partial charge in [-0.05, 0) is 25.7 Å². The molecule has 2 rings (SSSR count). The van der Waals surface area contributed by atoms with Gasteiger partial charge in [0.05, 0.1) is 12.3 Å². The minimum atomic E-state index is 0.0124. The van der Waals surface area contributed by atoms with Crippen molar-refractivity contribution < 1.29 is 9.53 Å². The first-order chi connectivity index (χ1) is 7.84. The lowest BCUT2D eigenvalue weighted by Gasteiger charge is -2.22. The van der Waals surface area contributed by atoms with Crippen molar-refractivity contribution in [2.75, 3.05) is 11.9 Å². The largest absolute Gasteiger partial charge is 0.378 e. The van der Waals surface area contributed by atoms with Gasteiger partial charge >= 0.3 is 0 Å². The fraction of sp³-hybridized carbons (Fsp3) is 0.636. The Morgan fingerprint density at radius 3 is 3.25 bits per heavy atom. The lowest BCUT2D eigenvalue weighted by atomic mass is 10.0. The number of carbonyl (C=O) groups excluding carboxylic acids is 1. The summed E-state index contributed by atoms with van der Waals surface area (Å²) in [5.41, 5.74) is 0. The van der Waals surface area contributed by atoms with E-state index in [1.807, 2.05) is 0 Å². The molecule has 0 aromatic carbocycles. The second kappa shape index (κ2) is 5.65. The summed E-state index contributed by atoms with van der Waals surface area (Å²) in [4.78, 5) is 11.5. The smallest absolute Gasteiger partial charge is 0.225 e. The van der Waals surface area contributed by atoms with Crippen molar-refractivity contribution >= 4 is 11.7 Å². The zero-order chi connectivity index (χ0) is 11.2. The number of hydrogen-bond donors (Lipinski definition) is 2. The van der Waals surface area contributed by atoms with Gasteiger partial charge in [-0.25, -0.2) is 0 Å². The first-order valence-corrected chi connectivity index (χ1v) is 5.75. The fourth-order valence-corrected chi connectivity index (χ4v) is 1.87. The molecule has 1 fully saturated rings. The molecule has 5 heteroatoms. The van der Waals surface area contributed by atoms with Gasteiger partial charge < -0.3 is 10.1 Å². The molecule has 1 amide bonds. The average Bonchev–Trinajstić information content (AvgIpc) is 2.81. The number of H-pyrrole nitrogens is 1. The zero-order valence-corrected chi connectivity index (χ0v) is 9.24. The van der Waals surface area contributed by atoms with Crippen LogP contribution in [0.15, 0.2) is 12.3 Å². The highest BCUT2D eigenvalue weighted by molar-refractivity contribution is 5.89. The number of nitrogens with one attached hydrogen (secondary N) is 2. The average molecular weight is 223 g/mol. The van der Waals surface area contributed by atoms with Crippen LogP contribution in [0, 0.1) is 0 Å². The van der Waals surface area contributed by atoms with Crippen molar-refractivity contribution in [1.82, 2.24) is 10.2 Å². The molecule has 5 nitrogen and oxygen atoms in total. The Labute approximate surface area is 94.6 Å². The van der Waals surface area contributed by atoms with Crippen molar-refractivity contribution in [3.05, 3.63) is 12.3 Å². The molecule has 1 aliphatic rings. The zero-order valence-electron chi connectivity index (χ0n) is 9.24. The number of carbonyl (C=O) groups is 1. The molecular formula is C11H17N3O2. The highest BCUT2D eigenvalue weighted by Crippen LogP contribution is 2.17. The SMILES string of the molecule is O=C(CCC1CCCCO1)Nc1ccn[nH]1. The molecular weight excluding hydrogens is 206 g/mol. The van der Waals surface area contributed by atoms with Gasteiger partial charge in [0.2, 0.25) is 5.91 Å². The van der Waals surface area contributed by atoms with Crippen molar-refractivity contribution in [2.24, 2.45) is 0 Å². The molecule has 1 unspecified atom stereocenters. The number of hydrogen-bond acceptors (Lipinski definition) is 3. The summed E-state index contributed by atoms with van der Waals surface area (Å²) in [7, 11) is 0. The number of anilines is 1. The number of rotatable bonds is 4. The maximum Gasteiger partial charge on any atom is 0.225 e. The first-order valence-electron chi connectivity index (χ1n) is 5.75. The van der Waals surface area contributed by atoms with Gasteiger partial charge in [0.15, 0.2) is 0 Å². The Bertz CT molecular complexity index is 318. The molecule has 1 saturated heterocycles. The molecule has 1 aliphatic heterocycles. The number of amides is 1. The summed E-state index contributed by atoms with van der Waals surface area (Å²) < 4.78 is 5.56. The van der Waals surface area contributed by atoms with Crippen LogP contribution in [-0.4, -0.2) is 28.8 Å². The van der Waals surface area contributed by atoms with Crippen molar-refractivity contribution in [3.63, 3.8) is 0 Å². The van der Waals surface area contributed by atoms with Crippen LogP contribution in [0.1, 0.15) is 32.1 Å². The van der Waals surface area contributed by atoms with E-state index < -0.39 is 0 Å². The minimum absolute atomic E-state index is 0.0124.